The van der Waals surface area contributed by atoms with Gasteiger partial charge >= 0.3 is 5.97 Å². The number of rotatable bonds is 6. The summed E-state index contributed by atoms with van der Waals surface area (Å²) in [5.41, 5.74) is 3.33. The zero-order valence-electron chi connectivity index (χ0n) is 17.6. The minimum absolute atomic E-state index is 0.0351. The summed E-state index contributed by atoms with van der Waals surface area (Å²) in [4.78, 5) is 29.6. The summed E-state index contributed by atoms with van der Waals surface area (Å²) < 4.78 is 5.02. The first-order valence-corrected chi connectivity index (χ1v) is 11.7. The highest BCUT2D eigenvalue weighted by molar-refractivity contribution is 8.00. The number of ether oxygens (including phenoxy) is 1. The Bertz CT molecular complexity index is 1110. The first-order chi connectivity index (χ1) is 14.9. The van der Waals surface area contributed by atoms with Gasteiger partial charge in [-0.1, -0.05) is 18.7 Å². The van der Waals surface area contributed by atoms with E-state index in [4.69, 9.17) is 4.74 Å². The van der Waals surface area contributed by atoms with Gasteiger partial charge in [-0.05, 0) is 56.2 Å². The fourth-order valence-electron chi connectivity index (χ4n) is 3.44. The average molecular weight is 455 g/mol. The van der Waals surface area contributed by atoms with Crippen LogP contribution in [0.5, 0.6) is 0 Å². The van der Waals surface area contributed by atoms with Crippen LogP contribution in [0.2, 0.25) is 0 Å². The molecule has 160 valence electrons. The lowest BCUT2D eigenvalue weighted by molar-refractivity contribution is -0.113. The van der Waals surface area contributed by atoms with Gasteiger partial charge in [-0.25, -0.2) is 9.78 Å². The van der Waals surface area contributed by atoms with Crippen molar-refractivity contribution in [3.63, 3.8) is 0 Å². The van der Waals surface area contributed by atoms with Crippen LogP contribution in [0, 0.1) is 35.5 Å². The molecule has 3 rings (SSSR count). The molecular weight excluding hydrogens is 432 g/mol. The first-order valence-electron chi connectivity index (χ1n) is 9.94. The van der Waals surface area contributed by atoms with Gasteiger partial charge in [-0.3, -0.25) is 4.79 Å². The second kappa shape index (κ2) is 9.95. The molecule has 0 radical (unpaired) electrons. The van der Waals surface area contributed by atoms with Gasteiger partial charge in [-0.15, -0.1) is 11.3 Å². The number of nitriles is 2. The van der Waals surface area contributed by atoms with E-state index < -0.39 is 5.97 Å². The fraction of sp³-hybridized carbons (Fsp3) is 0.409. The van der Waals surface area contributed by atoms with E-state index in [1.165, 1.54) is 11.8 Å². The minimum Gasteiger partial charge on any atom is -0.462 e. The van der Waals surface area contributed by atoms with Crippen LogP contribution in [0.3, 0.4) is 0 Å². The predicted octanol–water partition coefficient (Wildman–Crippen LogP) is 4.23. The molecule has 1 N–H and O–H groups in total. The molecule has 1 aliphatic carbocycles. The van der Waals surface area contributed by atoms with Crippen molar-refractivity contribution >= 4 is 40.0 Å². The van der Waals surface area contributed by atoms with Gasteiger partial charge in [-0.2, -0.15) is 10.5 Å². The lowest BCUT2D eigenvalue weighted by Gasteiger charge is -2.21. The molecule has 31 heavy (non-hydrogen) atoms. The van der Waals surface area contributed by atoms with Crippen LogP contribution in [0.15, 0.2) is 11.1 Å². The molecule has 1 amide bonds. The van der Waals surface area contributed by atoms with E-state index in [2.05, 4.69) is 23.3 Å². The van der Waals surface area contributed by atoms with Crippen molar-refractivity contribution in [3.8, 4) is 12.1 Å². The number of anilines is 1. The van der Waals surface area contributed by atoms with Crippen molar-refractivity contribution in [2.75, 3.05) is 17.7 Å². The Kier molecular flexibility index (Phi) is 7.32. The quantitative estimate of drug-likeness (QED) is 0.513. The second-order valence-corrected chi connectivity index (χ2v) is 9.32. The molecule has 0 bridgehead atoms. The van der Waals surface area contributed by atoms with Crippen LogP contribution in [0.4, 0.5) is 5.00 Å². The summed E-state index contributed by atoms with van der Waals surface area (Å²) in [6.07, 6.45) is 2.85. The van der Waals surface area contributed by atoms with Crippen molar-refractivity contribution in [1.29, 1.82) is 10.5 Å². The monoisotopic (exact) mass is 454 g/mol. The number of carbonyl (C=O) groups is 2. The zero-order valence-corrected chi connectivity index (χ0v) is 19.2. The van der Waals surface area contributed by atoms with Crippen molar-refractivity contribution in [3.05, 3.63) is 38.9 Å². The third-order valence-electron chi connectivity index (χ3n) is 5.03. The number of nitrogens with zero attached hydrogens (tertiary/aromatic N) is 3. The SMILES string of the molecule is CCOC(=O)c1sc(NC(=O)CSc2nc3c(cc2C#N)CC(C)CC3)c(C#N)c1C. The predicted molar refractivity (Wildman–Crippen MR) is 119 cm³/mol. The van der Waals surface area contributed by atoms with E-state index in [-0.39, 0.29) is 23.8 Å². The molecule has 0 saturated heterocycles. The van der Waals surface area contributed by atoms with Crippen LogP contribution < -0.4 is 5.32 Å². The number of fused-ring (bicyclic) bond motifs is 1. The normalized spacial score (nSPS) is 14.8. The number of carbonyl (C=O) groups excluding carboxylic acids is 2. The Labute approximate surface area is 189 Å². The number of aryl methyl sites for hydroxylation is 1. The van der Waals surface area contributed by atoms with Crippen LogP contribution in [-0.2, 0) is 22.4 Å². The van der Waals surface area contributed by atoms with Crippen molar-refractivity contribution < 1.29 is 14.3 Å². The van der Waals surface area contributed by atoms with Gasteiger partial charge in [0.15, 0.2) is 0 Å². The lowest BCUT2D eigenvalue weighted by atomic mass is 9.87. The summed E-state index contributed by atoms with van der Waals surface area (Å²) in [5.74, 6) is -0.237. The number of hydrogen-bond donors (Lipinski definition) is 1. The molecule has 2 aromatic heterocycles. The van der Waals surface area contributed by atoms with Gasteiger partial charge in [0.1, 0.15) is 27.0 Å². The van der Waals surface area contributed by atoms with Crippen molar-refractivity contribution in [2.45, 2.75) is 45.1 Å². The van der Waals surface area contributed by atoms with Crippen LogP contribution in [-0.4, -0.2) is 29.2 Å². The molecule has 1 aliphatic rings. The summed E-state index contributed by atoms with van der Waals surface area (Å²) in [6.45, 7) is 5.78. The zero-order chi connectivity index (χ0) is 22.5. The van der Waals surface area contributed by atoms with Crippen LogP contribution >= 0.6 is 23.1 Å². The van der Waals surface area contributed by atoms with E-state index in [0.29, 0.717) is 31.9 Å². The number of amides is 1. The Morgan fingerprint density at radius 3 is 2.84 bits per heavy atom. The second-order valence-electron chi connectivity index (χ2n) is 7.34. The van der Waals surface area contributed by atoms with E-state index in [1.807, 2.05) is 12.1 Å². The van der Waals surface area contributed by atoms with Gasteiger partial charge in [0.2, 0.25) is 5.91 Å². The molecule has 7 nitrogen and oxygen atoms in total. The molecule has 9 heteroatoms. The minimum atomic E-state index is -0.511. The Morgan fingerprint density at radius 2 is 2.16 bits per heavy atom. The average Bonchev–Trinajstić information content (AvgIpc) is 3.06. The molecule has 0 aromatic carbocycles. The number of pyridine rings is 1. The maximum absolute atomic E-state index is 12.5. The van der Waals surface area contributed by atoms with E-state index in [0.717, 1.165) is 41.9 Å². The third kappa shape index (κ3) is 5.07. The Balaban J connectivity index is 1.73. The smallest absolute Gasteiger partial charge is 0.348 e. The van der Waals surface area contributed by atoms with Gasteiger partial charge in [0.25, 0.3) is 0 Å². The van der Waals surface area contributed by atoms with Crippen molar-refractivity contribution in [1.82, 2.24) is 4.98 Å². The fourth-order valence-corrected chi connectivity index (χ4v) is 5.28. The van der Waals surface area contributed by atoms with E-state index in [1.54, 1.807) is 13.8 Å². The molecule has 0 saturated carbocycles. The molecule has 0 spiro atoms. The molecule has 0 fully saturated rings. The molecule has 1 atom stereocenters. The molecule has 2 heterocycles. The van der Waals surface area contributed by atoms with Crippen LogP contribution in [0.1, 0.15) is 57.9 Å². The highest BCUT2D eigenvalue weighted by Gasteiger charge is 2.23. The van der Waals surface area contributed by atoms with Gasteiger partial charge in [0.05, 0.1) is 23.5 Å². The largest absolute Gasteiger partial charge is 0.462 e. The number of hydrogen-bond acceptors (Lipinski definition) is 8. The number of nitrogens with one attached hydrogen (secondary N) is 1. The maximum Gasteiger partial charge on any atom is 0.348 e. The topological polar surface area (TPSA) is 116 Å². The molecule has 2 aromatic rings. The number of thiophene rings is 1. The number of thioether (sulfide) groups is 1. The highest BCUT2D eigenvalue weighted by Crippen LogP contribution is 2.34. The van der Waals surface area contributed by atoms with Gasteiger partial charge < -0.3 is 10.1 Å². The summed E-state index contributed by atoms with van der Waals surface area (Å²) >= 11 is 2.22. The van der Waals surface area contributed by atoms with E-state index in [9.17, 15) is 20.1 Å². The lowest BCUT2D eigenvalue weighted by Crippen LogP contribution is -2.16. The maximum atomic E-state index is 12.5. The standard InChI is InChI=1S/C22H22N4O3S2/c1-4-29-22(28)19-13(3)16(10-24)21(31-19)26-18(27)11-30-20-15(9-23)8-14-7-12(2)5-6-17(14)25-20/h8,12H,4-7,11H2,1-3H3,(H,26,27). The van der Waals surface area contributed by atoms with E-state index >= 15 is 0 Å². The number of esters is 1. The molecule has 1 unspecified atom stereocenters. The van der Waals surface area contributed by atoms with Gasteiger partial charge in [0, 0.05) is 5.69 Å². The first kappa shape index (κ1) is 22.8. The summed E-state index contributed by atoms with van der Waals surface area (Å²) in [6, 6.07) is 6.11. The van der Waals surface area contributed by atoms with Crippen LogP contribution in [0.25, 0.3) is 0 Å². The Hall–Kier alpha value is -2.88. The summed E-state index contributed by atoms with van der Waals surface area (Å²) in [7, 11) is 0. The molecular formula is C22H22N4O3S2. The molecule has 0 aliphatic heterocycles. The number of aromatic nitrogens is 1. The Morgan fingerprint density at radius 1 is 1.39 bits per heavy atom. The third-order valence-corrected chi connectivity index (χ3v) is 7.21. The van der Waals surface area contributed by atoms with Crippen molar-refractivity contribution in [2.24, 2.45) is 5.92 Å². The highest BCUT2D eigenvalue weighted by atomic mass is 32.2. The summed E-state index contributed by atoms with van der Waals surface area (Å²) in [5, 5.41) is 22.5.